The fourth-order valence-electron chi connectivity index (χ4n) is 7.32. The average molecular weight is 742 g/mol. The standard InChI is InChI=1S/C53H35N5/c1-5-15-36(16-6-1)45-33-49(38-17-7-2-8-18-38)55-50(34-45)39-27-25-37(26-28-39)43-30-44(47-29-42-23-13-14-24-48(42)54-35-47)32-46(31-43)53-57-51(40-19-9-3-10-20-40)56-52(58-53)41-21-11-4-12-22-41/h1-35H. The van der Waals surface area contributed by atoms with E-state index < -0.39 is 0 Å². The molecule has 0 atom stereocenters. The number of para-hydroxylation sites is 1. The normalized spacial score (nSPS) is 11.1. The fourth-order valence-corrected chi connectivity index (χ4v) is 7.32. The van der Waals surface area contributed by atoms with Crippen molar-refractivity contribution in [3.63, 3.8) is 0 Å². The second kappa shape index (κ2) is 15.3. The highest BCUT2D eigenvalue weighted by Gasteiger charge is 2.16. The van der Waals surface area contributed by atoms with E-state index in [4.69, 9.17) is 24.9 Å². The fraction of sp³-hybridized carbons (Fsp3) is 0. The number of nitrogens with zero attached hydrogens (tertiary/aromatic N) is 5. The molecule has 58 heavy (non-hydrogen) atoms. The molecule has 0 spiro atoms. The van der Waals surface area contributed by atoms with Crippen molar-refractivity contribution in [3.8, 4) is 90.1 Å². The summed E-state index contributed by atoms with van der Waals surface area (Å²) >= 11 is 0. The zero-order valence-corrected chi connectivity index (χ0v) is 31.4. The highest BCUT2D eigenvalue weighted by atomic mass is 15.0. The molecular weight excluding hydrogens is 707 g/mol. The van der Waals surface area contributed by atoms with Gasteiger partial charge in [0.2, 0.25) is 0 Å². The minimum atomic E-state index is 0.594. The lowest BCUT2D eigenvalue weighted by Gasteiger charge is -2.13. The molecule has 10 aromatic rings. The van der Waals surface area contributed by atoms with Crippen molar-refractivity contribution in [1.82, 2.24) is 24.9 Å². The summed E-state index contributed by atoms with van der Waals surface area (Å²) < 4.78 is 0. The summed E-state index contributed by atoms with van der Waals surface area (Å²) in [6.07, 6.45) is 1.95. The van der Waals surface area contributed by atoms with Crippen LogP contribution in [0, 0.1) is 0 Å². The van der Waals surface area contributed by atoms with Crippen LogP contribution in [-0.4, -0.2) is 24.9 Å². The molecule has 10 rings (SSSR count). The predicted octanol–water partition coefficient (Wildman–Crippen LogP) is 13.2. The Morgan fingerprint density at radius 2 is 0.638 bits per heavy atom. The summed E-state index contributed by atoms with van der Waals surface area (Å²) in [5.74, 6) is 1.83. The van der Waals surface area contributed by atoms with Crippen LogP contribution in [0.2, 0.25) is 0 Å². The quantitative estimate of drug-likeness (QED) is 0.155. The van der Waals surface area contributed by atoms with Crippen LogP contribution >= 0.6 is 0 Å². The van der Waals surface area contributed by atoms with E-state index in [0.717, 1.165) is 83.5 Å². The van der Waals surface area contributed by atoms with E-state index in [0.29, 0.717) is 17.5 Å². The van der Waals surface area contributed by atoms with Crippen LogP contribution < -0.4 is 0 Å². The number of hydrogen-bond acceptors (Lipinski definition) is 5. The molecule has 5 heteroatoms. The minimum absolute atomic E-state index is 0.594. The molecule has 0 aliphatic rings. The van der Waals surface area contributed by atoms with Gasteiger partial charge >= 0.3 is 0 Å². The van der Waals surface area contributed by atoms with Crippen molar-refractivity contribution in [1.29, 1.82) is 0 Å². The molecule has 0 saturated carbocycles. The maximum absolute atomic E-state index is 5.17. The van der Waals surface area contributed by atoms with E-state index in [1.54, 1.807) is 0 Å². The van der Waals surface area contributed by atoms with E-state index in [9.17, 15) is 0 Å². The molecule has 0 N–H and O–H groups in total. The van der Waals surface area contributed by atoms with Crippen LogP contribution in [-0.2, 0) is 0 Å². The van der Waals surface area contributed by atoms with E-state index >= 15 is 0 Å². The third kappa shape index (κ3) is 7.16. The van der Waals surface area contributed by atoms with Crippen molar-refractivity contribution in [2.24, 2.45) is 0 Å². The first kappa shape index (κ1) is 34.6. The first-order valence-electron chi connectivity index (χ1n) is 19.3. The molecule has 0 bridgehead atoms. The summed E-state index contributed by atoms with van der Waals surface area (Å²) in [5.41, 5.74) is 14.0. The first-order valence-corrected chi connectivity index (χ1v) is 19.3. The molecule has 7 aromatic carbocycles. The number of aromatic nitrogens is 5. The van der Waals surface area contributed by atoms with Crippen molar-refractivity contribution < 1.29 is 0 Å². The maximum Gasteiger partial charge on any atom is 0.164 e. The summed E-state index contributed by atoms with van der Waals surface area (Å²) in [4.78, 5) is 25.1. The van der Waals surface area contributed by atoms with Crippen molar-refractivity contribution >= 4 is 10.9 Å². The molecule has 0 aliphatic carbocycles. The highest BCUT2D eigenvalue weighted by molar-refractivity contribution is 5.87. The number of benzene rings is 7. The van der Waals surface area contributed by atoms with Gasteiger partial charge in [0.15, 0.2) is 17.5 Å². The van der Waals surface area contributed by atoms with Crippen LogP contribution in [0.15, 0.2) is 212 Å². The Balaban J connectivity index is 1.11. The zero-order chi connectivity index (χ0) is 38.7. The molecule has 0 saturated heterocycles. The van der Waals surface area contributed by atoms with Crippen LogP contribution in [0.4, 0.5) is 0 Å². The van der Waals surface area contributed by atoms with Crippen molar-refractivity contribution in [3.05, 3.63) is 212 Å². The third-order valence-electron chi connectivity index (χ3n) is 10.3. The van der Waals surface area contributed by atoms with E-state index in [-0.39, 0.29) is 0 Å². The van der Waals surface area contributed by atoms with Crippen LogP contribution in [0.3, 0.4) is 0 Å². The highest BCUT2D eigenvalue weighted by Crippen LogP contribution is 2.36. The molecule has 0 aliphatic heterocycles. The number of hydrogen-bond donors (Lipinski definition) is 0. The largest absolute Gasteiger partial charge is 0.256 e. The third-order valence-corrected chi connectivity index (χ3v) is 10.3. The molecule has 3 aromatic heterocycles. The van der Waals surface area contributed by atoms with Gasteiger partial charge in [0.1, 0.15) is 0 Å². The lowest BCUT2D eigenvalue weighted by Crippen LogP contribution is -2.00. The Bertz CT molecular complexity index is 2910. The summed E-state index contributed by atoms with van der Waals surface area (Å²) in [5, 5.41) is 1.08. The van der Waals surface area contributed by atoms with Crippen LogP contribution in [0.1, 0.15) is 0 Å². The number of pyridine rings is 2. The molecule has 5 nitrogen and oxygen atoms in total. The average Bonchev–Trinajstić information content (AvgIpc) is 3.32. The molecule has 0 fully saturated rings. The van der Waals surface area contributed by atoms with E-state index in [1.165, 1.54) is 0 Å². The first-order chi connectivity index (χ1) is 28.7. The number of rotatable bonds is 8. The van der Waals surface area contributed by atoms with Gasteiger partial charge in [0, 0.05) is 45.0 Å². The maximum atomic E-state index is 5.17. The van der Waals surface area contributed by atoms with Crippen molar-refractivity contribution in [2.45, 2.75) is 0 Å². The Kier molecular flexibility index (Phi) is 9.14. The molecule has 272 valence electrons. The summed E-state index contributed by atoms with van der Waals surface area (Å²) in [6.45, 7) is 0. The summed E-state index contributed by atoms with van der Waals surface area (Å²) in [7, 11) is 0. The van der Waals surface area contributed by atoms with Gasteiger partial charge < -0.3 is 0 Å². The Morgan fingerprint density at radius 1 is 0.241 bits per heavy atom. The van der Waals surface area contributed by atoms with Crippen molar-refractivity contribution in [2.75, 3.05) is 0 Å². The predicted molar refractivity (Wildman–Crippen MR) is 236 cm³/mol. The van der Waals surface area contributed by atoms with Gasteiger partial charge in [-0.05, 0) is 70.3 Å². The van der Waals surface area contributed by atoms with Crippen LogP contribution in [0.5, 0.6) is 0 Å². The second-order valence-corrected chi connectivity index (χ2v) is 14.2. The Morgan fingerprint density at radius 3 is 1.22 bits per heavy atom. The second-order valence-electron chi connectivity index (χ2n) is 14.2. The monoisotopic (exact) mass is 741 g/mol. The van der Waals surface area contributed by atoms with Gasteiger partial charge in [-0.3, -0.25) is 4.98 Å². The lowest BCUT2D eigenvalue weighted by atomic mass is 9.94. The van der Waals surface area contributed by atoms with Gasteiger partial charge in [-0.25, -0.2) is 19.9 Å². The topological polar surface area (TPSA) is 64.5 Å². The van der Waals surface area contributed by atoms with E-state index in [1.807, 2.05) is 97.2 Å². The van der Waals surface area contributed by atoms with Gasteiger partial charge in [-0.15, -0.1) is 0 Å². The van der Waals surface area contributed by atoms with Gasteiger partial charge in [0.05, 0.1) is 16.9 Å². The zero-order valence-electron chi connectivity index (χ0n) is 31.4. The number of fused-ring (bicyclic) bond motifs is 1. The van der Waals surface area contributed by atoms with Gasteiger partial charge in [-0.1, -0.05) is 164 Å². The molecule has 0 radical (unpaired) electrons. The lowest BCUT2D eigenvalue weighted by molar-refractivity contribution is 1.07. The Hall–Kier alpha value is -7.89. The Labute approximate surface area is 337 Å². The molecule has 0 amide bonds. The smallest absolute Gasteiger partial charge is 0.164 e. The van der Waals surface area contributed by atoms with Gasteiger partial charge in [-0.2, -0.15) is 0 Å². The SMILES string of the molecule is c1ccc(-c2cc(-c3ccccc3)nc(-c3ccc(-c4cc(-c5cnc6ccccc6c5)cc(-c5nc(-c6ccccc6)nc(-c6ccccc6)n5)c4)cc3)c2)cc1. The molecule has 3 heterocycles. The molecular formula is C53H35N5. The van der Waals surface area contributed by atoms with Crippen LogP contribution in [0.25, 0.3) is 101 Å². The summed E-state index contributed by atoms with van der Waals surface area (Å²) in [6, 6.07) is 71.0. The molecule has 0 unspecified atom stereocenters. The van der Waals surface area contributed by atoms with Gasteiger partial charge in [0.25, 0.3) is 0 Å². The van der Waals surface area contributed by atoms with E-state index in [2.05, 4.69) is 115 Å². The minimum Gasteiger partial charge on any atom is -0.256 e.